The van der Waals surface area contributed by atoms with Crippen LogP contribution in [0, 0.1) is 0 Å². The third-order valence-electron chi connectivity index (χ3n) is 3.67. The number of amides is 2. The van der Waals surface area contributed by atoms with Crippen LogP contribution >= 0.6 is 0 Å². The van der Waals surface area contributed by atoms with Crippen molar-refractivity contribution < 1.29 is 19.4 Å². The number of hydrogen-bond acceptors (Lipinski definition) is 5. The highest BCUT2D eigenvalue weighted by atomic mass is 16.5. The summed E-state index contributed by atoms with van der Waals surface area (Å²) in [6.45, 7) is 0.989. The number of phenolic OH excluding ortho intramolecular Hbond substituents is 1. The molecule has 2 aromatic rings. The summed E-state index contributed by atoms with van der Waals surface area (Å²) < 4.78 is 4.93. The van der Waals surface area contributed by atoms with Gasteiger partial charge in [-0.1, -0.05) is 24.3 Å². The van der Waals surface area contributed by atoms with Gasteiger partial charge in [0, 0.05) is 25.6 Å². The van der Waals surface area contributed by atoms with Crippen LogP contribution in [0.2, 0.25) is 0 Å². The Morgan fingerprint density at radius 3 is 2.64 bits per heavy atom. The average Bonchev–Trinajstić information content (AvgIpc) is 2.76. The van der Waals surface area contributed by atoms with Gasteiger partial charge in [0.05, 0.1) is 11.1 Å². The molecule has 2 N–H and O–H groups in total. The van der Waals surface area contributed by atoms with Gasteiger partial charge in [-0.3, -0.25) is 9.59 Å². The molecule has 0 bridgehead atoms. The van der Waals surface area contributed by atoms with E-state index in [9.17, 15) is 14.7 Å². The van der Waals surface area contributed by atoms with E-state index in [-0.39, 0.29) is 11.3 Å². The Labute approximate surface area is 127 Å². The third-order valence-corrected chi connectivity index (χ3v) is 3.67. The third kappa shape index (κ3) is 2.22. The number of imide groups is 1. The smallest absolute Gasteiger partial charge is 0.276 e. The van der Waals surface area contributed by atoms with E-state index in [1.54, 1.807) is 31.4 Å². The monoisotopic (exact) mass is 300 g/mol. The van der Waals surface area contributed by atoms with Gasteiger partial charge >= 0.3 is 0 Å². The van der Waals surface area contributed by atoms with Gasteiger partial charge in [-0.25, -0.2) is 10.4 Å². The number of carbonyl (C=O) groups is 2. The minimum absolute atomic E-state index is 0.00303. The first-order valence-electron chi connectivity index (χ1n) is 7.01. The zero-order valence-electron chi connectivity index (χ0n) is 12.1. The van der Waals surface area contributed by atoms with Crippen molar-refractivity contribution in [2.45, 2.75) is 6.42 Å². The Kier molecular flexibility index (Phi) is 3.79. The van der Waals surface area contributed by atoms with Gasteiger partial charge in [0.15, 0.2) is 0 Å². The minimum atomic E-state index is -0.446. The van der Waals surface area contributed by atoms with Crippen LogP contribution in [0.4, 0.5) is 0 Å². The summed E-state index contributed by atoms with van der Waals surface area (Å²) in [6.07, 6.45) is 0.676. The van der Waals surface area contributed by atoms with Crippen LogP contribution in [0.25, 0.3) is 10.8 Å². The van der Waals surface area contributed by atoms with Crippen molar-refractivity contribution >= 4 is 22.6 Å². The molecule has 6 nitrogen and oxygen atoms in total. The lowest BCUT2D eigenvalue weighted by Crippen LogP contribution is -2.43. The van der Waals surface area contributed by atoms with Crippen LogP contribution in [0.1, 0.15) is 27.1 Å². The second-order valence-corrected chi connectivity index (χ2v) is 5.06. The predicted octanol–water partition coefficient (Wildman–Crippen LogP) is 1.68. The van der Waals surface area contributed by atoms with E-state index in [0.29, 0.717) is 35.9 Å². The van der Waals surface area contributed by atoms with E-state index in [1.165, 1.54) is 6.07 Å². The van der Waals surface area contributed by atoms with Crippen molar-refractivity contribution in [1.29, 1.82) is 0 Å². The normalized spacial score (nSPS) is 14.0. The molecule has 0 aliphatic carbocycles. The topological polar surface area (TPSA) is 78.9 Å². The molecule has 2 aromatic carbocycles. The lowest BCUT2D eigenvalue weighted by atomic mass is 9.99. The van der Waals surface area contributed by atoms with E-state index in [4.69, 9.17) is 4.74 Å². The van der Waals surface area contributed by atoms with Gasteiger partial charge in [0.2, 0.25) is 0 Å². The van der Waals surface area contributed by atoms with Crippen LogP contribution in [0.3, 0.4) is 0 Å². The van der Waals surface area contributed by atoms with E-state index < -0.39 is 11.8 Å². The Morgan fingerprint density at radius 1 is 1.18 bits per heavy atom. The van der Waals surface area contributed by atoms with Gasteiger partial charge in [-0.05, 0) is 17.9 Å². The minimum Gasteiger partial charge on any atom is -0.507 e. The number of hydrazine groups is 1. The Balaban J connectivity index is 1.97. The summed E-state index contributed by atoms with van der Waals surface area (Å²) in [6, 6.07) is 8.35. The predicted molar refractivity (Wildman–Crippen MR) is 80.6 cm³/mol. The van der Waals surface area contributed by atoms with E-state index in [2.05, 4.69) is 5.43 Å². The van der Waals surface area contributed by atoms with Crippen molar-refractivity contribution in [3.8, 4) is 5.75 Å². The molecule has 1 heterocycles. The molecule has 0 atom stereocenters. The van der Waals surface area contributed by atoms with Crippen molar-refractivity contribution in [3.63, 3.8) is 0 Å². The van der Waals surface area contributed by atoms with Crippen LogP contribution in [0.15, 0.2) is 30.3 Å². The van der Waals surface area contributed by atoms with Crippen molar-refractivity contribution in [3.05, 3.63) is 41.5 Å². The first kappa shape index (κ1) is 14.5. The maximum absolute atomic E-state index is 12.5. The number of ether oxygens (including phenoxy) is 1. The standard InChI is InChI=1S/C16H16N2O4/c1-22-8-4-7-17-18-15(20)12-9-13(19)10-5-2-3-6-11(10)14(12)16(18)21/h2-3,5-6,9,17,19H,4,7-8H2,1H3. The fraction of sp³-hybridized carbons (Fsp3) is 0.250. The quantitative estimate of drug-likeness (QED) is 0.649. The fourth-order valence-corrected chi connectivity index (χ4v) is 2.63. The SMILES string of the molecule is COCCCNN1C(=O)c2cc(O)c3ccccc3c2C1=O. The molecule has 0 radical (unpaired) electrons. The summed E-state index contributed by atoms with van der Waals surface area (Å²) in [5.41, 5.74) is 3.37. The number of nitrogens with one attached hydrogen (secondary N) is 1. The maximum Gasteiger partial charge on any atom is 0.276 e. The molecular weight excluding hydrogens is 284 g/mol. The molecule has 6 heteroatoms. The first-order chi connectivity index (χ1) is 10.6. The van der Waals surface area contributed by atoms with Gasteiger partial charge in [0.1, 0.15) is 5.75 Å². The summed E-state index contributed by atoms with van der Waals surface area (Å²) in [4.78, 5) is 24.9. The number of aromatic hydroxyl groups is 1. The number of rotatable bonds is 5. The number of hydrogen-bond donors (Lipinski definition) is 2. The van der Waals surface area contributed by atoms with E-state index >= 15 is 0 Å². The Hall–Kier alpha value is -2.44. The highest BCUT2D eigenvalue weighted by molar-refractivity contribution is 6.26. The molecule has 1 aliphatic heterocycles. The van der Waals surface area contributed by atoms with Crippen molar-refractivity contribution in [1.82, 2.24) is 10.4 Å². The van der Waals surface area contributed by atoms with E-state index in [0.717, 1.165) is 5.01 Å². The molecule has 0 spiro atoms. The van der Waals surface area contributed by atoms with Gasteiger partial charge < -0.3 is 9.84 Å². The molecule has 3 rings (SSSR count). The Bertz CT molecular complexity index is 757. The fourth-order valence-electron chi connectivity index (χ4n) is 2.63. The summed E-state index contributed by atoms with van der Waals surface area (Å²) in [7, 11) is 1.59. The number of fused-ring (bicyclic) bond motifs is 3. The molecule has 1 aliphatic rings. The van der Waals surface area contributed by atoms with Crippen LogP contribution in [0.5, 0.6) is 5.75 Å². The lowest BCUT2D eigenvalue weighted by molar-refractivity contribution is 0.0560. The average molecular weight is 300 g/mol. The highest BCUT2D eigenvalue weighted by Crippen LogP contribution is 2.35. The molecule has 0 aromatic heterocycles. The second-order valence-electron chi connectivity index (χ2n) is 5.06. The summed E-state index contributed by atoms with van der Waals surface area (Å²) >= 11 is 0. The molecule has 22 heavy (non-hydrogen) atoms. The largest absolute Gasteiger partial charge is 0.507 e. The van der Waals surface area contributed by atoms with E-state index in [1.807, 2.05) is 0 Å². The number of benzene rings is 2. The number of carbonyl (C=O) groups excluding carboxylic acids is 2. The first-order valence-corrected chi connectivity index (χ1v) is 7.01. The zero-order chi connectivity index (χ0) is 15.7. The van der Waals surface area contributed by atoms with Crippen molar-refractivity contribution in [2.24, 2.45) is 0 Å². The molecule has 0 saturated heterocycles. The number of nitrogens with zero attached hydrogens (tertiary/aromatic N) is 1. The van der Waals surface area contributed by atoms with Gasteiger partial charge in [-0.2, -0.15) is 0 Å². The van der Waals surface area contributed by atoms with Gasteiger partial charge in [-0.15, -0.1) is 0 Å². The molecular formula is C16H16N2O4. The molecule has 0 unspecified atom stereocenters. The number of methoxy groups -OCH3 is 1. The molecule has 114 valence electrons. The lowest BCUT2D eigenvalue weighted by Gasteiger charge is -2.14. The molecule has 0 fully saturated rings. The summed E-state index contributed by atoms with van der Waals surface area (Å²) in [5, 5.41) is 12.2. The number of phenols is 1. The van der Waals surface area contributed by atoms with Gasteiger partial charge in [0.25, 0.3) is 11.8 Å². The second kappa shape index (κ2) is 5.75. The summed E-state index contributed by atoms with van der Waals surface area (Å²) in [5.74, 6) is -0.844. The van der Waals surface area contributed by atoms with Crippen LogP contribution < -0.4 is 5.43 Å². The molecule has 0 saturated carbocycles. The van der Waals surface area contributed by atoms with Crippen LogP contribution in [-0.2, 0) is 4.74 Å². The highest BCUT2D eigenvalue weighted by Gasteiger charge is 2.37. The van der Waals surface area contributed by atoms with Crippen molar-refractivity contribution in [2.75, 3.05) is 20.3 Å². The molecule has 2 amide bonds. The Morgan fingerprint density at radius 2 is 1.91 bits per heavy atom. The van der Waals surface area contributed by atoms with Crippen LogP contribution in [-0.4, -0.2) is 42.2 Å². The zero-order valence-corrected chi connectivity index (χ0v) is 12.1. The maximum atomic E-state index is 12.5.